The SMILES string of the molecule is Cc1ccc(Nc2ccc(N)c(OC(C)(C)C)n2)cc1Cl. The monoisotopic (exact) mass is 305 g/mol. The molecule has 112 valence electrons. The van der Waals surface area contributed by atoms with Crippen LogP contribution in [0.3, 0.4) is 0 Å². The number of nitrogen functional groups attached to an aromatic ring is 1. The second-order valence-corrected chi connectivity index (χ2v) is 6.30. The molecule has 2 rings (SSSR count). The predicted octanol–water partition coefficient (Wildman–Crippen LogP) is 4.55. The van der Waals surface area contributed by atoms with Crippen LogP contribution in [0.1, 0.15) is 26.3 Å². The van der Waals surface area contributed by atoms with E-state index < -0.39 is 0 Å². The normalized spacial score (nSPS) is 11.3. The van der Waals surface area contributed by atoms with Gasteiger partial charge in [0.25, 0.3) is 0 Å². The minimum Gasteiger partial charge on any atom is -0.470 e. The highest BCUT2D eigenvalue weighted by Crippen LogP contribution is 2.27. The summed E-state index contributed by atoms with van der Waals surface area (Å²) >= 11 is 6.12. The summed E-state index contributed by atoms with van der Waals surface area (Å²) in [6, 6.07) is 9.34. The Balaban J connectivity index is 2.24. The largest absolute Gasteiger partial charge is 0.470 e. The van der Waals surface area contributed by atoms with Crippen molar-refractivity contribution < 1.29 is 4.74 Å². The van der Waals surface area contributed by atoms with E-state index in [9.17, 15) is 0 Å². The Bertz CT molecular complexity index is 650. The maximum absolute atomic E-state index is 6.12. The first kappa shape index (κ1) is 15.4. The molecular weight excluding hydrogens is 286 g/mol. The lowest BCUT2D eigenvalue weighted by Crippen LogP contribution is -2.24. The maximum Gasteiger partial charge on any atom is 0.239 e. The molecule has 0 aliphatic carbocycles. The van der Waals surface area contributed by atoms with Crippen LogP contribution in [0.4, 0.5) is 17.2 Å². The Morgan fingerprint density at radius 1 is 1.19 bits per heavy atom. The highest BCUT2D eigenvalue weighted by Gasteiger charge is 2.15. The summed E-state index contributed by atoms with van der Waals surface area (Å²) < 4.78 is 5.75. The summed E-state index contributed by atoms with van der Waals surface area (Å²) in [7, 11) is 0. The van der Waals surface area contributed by atoms with Crippen molar-refractivity contribution in [1.82, 2.24) is 4.98 Å². The molecule has 4 nitrogen and oxygen atoms in total. The van der Waals surface area contributed by atoms with Crippen molar-refractivity contribution in [1.29, 1.82) is 0 Å². The van der Waals surface area contributed by atoms with Crippen LogP contribution in [0.15, 0.2) is 30.3 Å². The van der Waals surface area contributed by atoms with Gasteiger partial charge in [-0.3, -0.25) is 0 Å². The molecule has 5 heteroatoms. The van der Waals surface area contributed by atoms with Gasteiger partial charge in [0.2, 0.25) is 5.88 Å². The summed E-state index contributed by atoms with van der Waals surface area (Å²) in [6.07, 6.45) is 0. The number of anilines is 3. The minimum absolute atomic E-state index is 0.354. The summed E-state index contributed by atoms with van der Waals surface area (Å²) in [5.74, 6) is 1.08. The van der Waals surface area contributed by atoms with E-state index in [1.807, 2.05) is 45.9 Å². The van der Waals surface area contributed by atoms with E-state index in [1.165, 1.54) is 0 Å². The van der Waals surface area contributed by atoms with Gasteiger partial charge in [-0.15, -0.1) is 0 Å². The zero-order chi connectivity index (χ0) is 15.6. The number of nitrogens with two attached hydrogens (primary N) is 1. The number of rotatable bonds is 3. The van der Waals surface area contributed by atoms with Gasteiger partial charge < -0.3 is 15.8 Å². The third-order valence-corrected chi connectivity index (χ3v) is 3.14. The van der Waals surface area contributed by atoms with Crippen LogP contribution in [0.25, 0.3) is 0 Å². The molecule has 1 aromatic carbocycles. The molecule has 0 spiro atoms. The van der Waals surface area contributed by atoms with E-state index in [0.717, 1.165) is 11.3 Å². The van der Waals surface area contributed by atoms with Crippen molar-refractivity contribution in [3.05, 3.63) is 40.9 Å². The van der Waals surface area contributed by atoms with Crippen LogP contribution in [0.2, 0.25) is 5.02 Å². The van der Waals surface area contributed by atoms with Gasteiger partial charge >= 0.3 is 0 Å². The van der Waals surface area contributed by atoms with Crippen molar-refractivity contribution >= 4 is 28.8 Å². The summed E-state index contributed by atoms with van der Waals surface area (Å²) in [5.41, 5.74) is 7.95. The number of benzene rings is 1. The number of halogens is 1. The first-order chi connectivity index (χ1) is 9.74. The van der Waals surface area contributed by atoms with Crippen LogP contribution in [-0.2, 0) is 0 Å². The lowest BCUT2D eigenvalue weighted by molar-refractivity contribution is 0.125. The van der Waals surface area contributed by atoms with E-state index in [2.05, 4.69) is 10.3 Å². The quantitative estimate of drug-likeness (QED) is 0.873. The zero-order valence-electron chi connectivity index (χ0n) is 12.7. The van der Waals surface area contributed by atoms with Gasteiger partial charge in [-0.05, 0) is 57.5 Å². The fourth-order valence-electron chi connectivity index (χ4n) is 1.71. The van der Waals surface area contributed by atoms with Crippen molar-refractivity contribution in [3.8, 4) is 5.88 Å². The van der Waals surface area contributed by atoms with Gasteiger partial charge in [-0.25, -0.2) is 0 Å². The molecule has 0 bridgehead atoms. The van der Waals surface area contributed by atoms with Gasteiger partial charge in [-0.2, -0.15) is 4.98 Å². The Labute approximate surface area is 130 Å². The van der Waals surface area contributed by atoms with Crippen LogP contribution < -0.4 is 15.8 Å². The van der Waals surface area contributed by atoms with E-state index in [0.29, 0.717) is 22.4 Å². The number of hydrogen-bond acceptors (Lipinski definition) is 4. The van der Waals surface area contributed by atoms with E-state index >= 15 is 0 Å². The number of nitrogens with zero attached hydrogens (tertiary/aromatic N) is 1. The van der Waals surface area contributed by atoms with Gasteiger partial charge in [-0.1, -0.05) is 17.7 Å². The molecule has 1 heterocycles. The fraction of sp³-hybridized carbons (Fsp3) is 0.312. The van der Waals surface area contributed by atoms with Crippen molar-refractivity contribution in [2.45, 2.75) is 33.3 Å². The van der Waals surface area contributed by atoms with E-state index in [1.54, 1.807) is 12.1 Å². The molecule has 21 heavy (non-hydrogen) atoms. The van der Waals surface area contributed by atoms with Crippen molar-refractivity contribution in [2.75, 3.05) is 11.1 Å². The molecular formula is C16H20ClN3O. The molecule has 0 atom stereocenters. The van der Waals surface area contributed by atoms with Gasteiger partial charge in [0.1, 0.15) is 11.4 Å². The number of aromatic nitrogens is 1. The second-order valence-electron chi connectivity index (χ2n) is 5.89. The number of hydrogen-bond donors (Lipinski definition) is 2. The standard InChI is InChI=1S/C16H20ClN3O/c1-10-5-6-11(9-12(10)17)19-14-8-7-13(18)15(20-14)21-16(2,3)4/h5-9H,18H2,1-4H3,(H,19,20). The van der Waals surface area contributed by atoms with Crippen molar-refractivity contribution in [2.24, 2.45) is 0 Å². The lowest BCUT2D eigenvalue weighted by atomic mass is 10.2. The molecule has 0 unspecified atom stereocenters. The maximum atomic E-state index is 6.12. The third-order valence-electron chi connectivity index (χ3n) is 2.74. The molecule has 1 aromatic heterocycles. The van der Waals surface area contributed by atoms with E-state index in [-0.39, 0.29) is 5.60 Å². The molecule has 2 aromatic rings. The molecule has 0 aliphatic heterocycles. The first-order valence-electron chi connectivity index (χ1n) is 6.73. The number of nitrogens with one attached hydrogen (secondary N) is 1. The second kappa shape index (κ2) is 5.82. The van der Waals surface area contributed by atoms with Crippen LogP contribution >= 0.6 is 11.6 Å². The van der Waals surface area contributed by atoms with Crippen molar-refractivity contribution in [3.63, 3.8) is 0 Å². The Kier molecular flexibility index (Phi) is 4.28. The van der Waals surface area contributed by atoms with Crippen LogP contribution in [-0.4, -0.2) is 10.6 Å². The van der Waals surface area contributed by atoms with Gasteiger partial charge in [0.05, 0.1) is 5.69 Å². The molecule has 0 saturated carbocycles. The highest BCUT2D eigenvalue weighted by atomic mass is 35.5. The molecule has 0 saturated heterocycles. The average Bonchev–Trinajstić information content (AvgIpc) is 2.36. The number of pyridine rings is 1. The van der Waals surface area contributed by atoms with E-state index in [4.69, 9.17) is 22.1 Å². The first-order valence-corrected chi connectivity index (χ1v) is 7.11. The number of aryl methyl sites for hydroxylation is 1. The van der Waals surface area contributed by atoms with Gasteiger partial charge in [0, 0.05) is 10.7 Å². The summed E-state index contributed by atoms with van der Waals surface area (Å²) in [6.45, 7) is 7.82. The molecule has 0 aliphatic rings. The smallest absolute Gasteiger partial charge is 0.239 e. The minimum atomic E-state index is -0.354. The molecule has 0 fully saturated rings. The molecule has 3 N–H and O–H groups in total. The van der Waals surface area contributed by atoms with Gasteiger partial charge in [0.15, 0.2) is 0 Å². The molecule has 0 amide bonds. The lowest BCUT2D eigenvalue weighted by Gasteiger charge is -2.21. The van der Waals surface area contributed by atoms with Crippen LogP contribution in [0, 0.1) is 6.92 Å². The summed E-state index contributed by atoms with van der Waals surface area (Å²) in [4.78, 5) is 4.40. The Hall–Kier alpha value is -1.94. The molecule has 0 radical (unpaired) electrons. The van der Waals surface area contributed by atoms with Crippen LogP contribution in [0.5, 0.6) is 5.88 Å². The summed E-state index contributed by atoms with van der Waals surface area (Å²) in [5, 5.41) is 3.90. The third kappa shape index (κ3) is 4.26. The topological polar surface area (TPSA) is 60.2 Å². The predicted molar refractivity (Wildman–Crippen MR) is 88.5 cm³/mol. The Morgan fingerprint density at radius 3 is 2.52 bits per heavy atom. The fourth-order valence-corrected chi connectivity index (χ4v) is 1.89. The average molecular weight is 306 g/mol. The zero-order valence-corrected chi connectivity index (χ0v) is 13.5. The highest BCUT2D eigenvalue weighted by molar-refractivity contribution is 6.31. The Morgan fingerprint density at radius 2 is 1.90 bits per heavy atom. The number of ether oxygens (including phenoxy) is 1.